The normalized spacial score (nSPS) is 9.88. The number of hydrogen-bond donors (Lipinski definition) is 0. The minimum atomic E-state index is -3.22. The number of methoxy groups -OCH3 is 6. The van der Waals surface area contributed by atoms with E-state index in [-0.39, 0.29) is 86.4 Å². The van der Waals surface area contributed by atoms with Crippen LogP contribution in [0.1, 0.15) is 25.2 Å². The van der Waals surface area contributed by atoms with Crippen molar-refractivity contribution >= 4 is 92.4 Å². The van der Waals surface area contributed by atoms with E-state index in [0.29, 0.717) is 52.0 Å². The van der Waals surface area contributed by atoms with Crippen LogP contribution in [-0.2, 0) is 61.8 Å². The summed E-state index contributed by atoms with van der Waals surface area (Å²) in [5.41, 5.74) is 1.24. The summed E-state index contributed by atoms with van der Waals surface area (Å²) in [6, 6.07) is 25.2. The Labute approximate surface area is 449 Å². The Morgan fingerprint density at radius 2 is 0.707 bits per heavy atom. The first-order valence-electron chi connectivity index (χ1n) is 21.1. The molecule has 0 bridgehead atoms. The average molecular weight is 1140 g/mol. The Morgan fingerprint density at radius 3 is 1.04 bits per heavy atom. The van der Waals surface area contributed by atoms with Crippen LogP contribution in [0.2, 0.25) is 0 Å². The first-order valence-corrected chi connectivity index (χ1v) is 25.5. The van der Waals surface area contributed by atoms with Crippen LogP contribution >= 0.6 is 38.9 Å². The number of anilines is 2. The molecule has 4 aromatic carbocycles. The second-order valence-corrected chi connectivity index (χ2v) is 20.4. The highest BCUT2D eigenvalue weighted by molar-refractivity contribution is 8.24. The highest BCUT2D eigenvalue weighted by Crippen LogP contribution is 2.61. The predicted octanol–water partition coefficient (Wildman–Crippen LogP) is 7.59. The van der Waals surface area contributed by atoms with Gasteiger partial charge in [-0.3, -0.25) is 28.5 Å². The van der Waals surface area contributed by atoms with E-state index in [1.807, 2.05) is 0 Å². The Kier molecular flexibility index (Phi) is 34.0. The predicted molar refractivity (Wildman–Crippen MR) is 279 cm³/mol. The van der Waals surface area contributed by atoms with Gasteiger partial charge in [-0.25, -0.2) is 9.59 Å². The van der Waals surface area contributed by atoms with Crippen molar-refractivity contribution < 1.29 is 95.0 Å². The van der Waals surface area contributed by atoms with Gasteiger partial charge in [-0.1, -0.05) is 51.3 Å². The quantitative estimate of drug-likeness (QED) is 0.0183. The Morgan fingerprint density at radius 1 is 0.427 bits per heavy atom. The van der Waals surface area contributed by atoms with Gasteiger partial charge < -0.3 is 66.6 Å². The molecular formula is C49H62Cl3N2O20P. The third-order valence-electron chi connectivity index (χ3n) is 8.90. The van der Waals surface area contributed by atoms with Gasteiger partial charge in [0.15, 0.2) is 36.2 Å². The zero-order valence-corrected chi connectivity index (χ0v) is 43.6. The molecule has 0 saturated heterocycles. The Bertz CT molecular complexity index is 2420. The van der Waals surface area contributed by atoms with E-state index >= 15 is 0 Å². The van der Waals surface area contributed by atoms with Crippen molar-refractivity contribution in [2.45, 2.75) is 14.9 Å². The maximum absolute atomic E-state index is 11.9. The lowest BCUT2D eigenvalue weighted by Crippen LogP contribution is -2.36. The lowest BCUT2D eigenvalue weighted by atomic mass is 10.2. The topological polar surface area (TPSA) is 254 Å². The van der Waals surface area contributed by atoms with Gasteiger partial charge in [0, 0.05) is 5.56 Å². The Balaban J connectivity index is 0.00000131. The van der Waals surface area contributed by atoms with Gasteiger partial charge in [0.1, 0.15) is 70.4 Å². The van der Waals surface area contributed by atoms with Crippen molar-refractivity contribution in [2.75, 3.05) is 118 Å². The molecule has 0 aliphatic rings. The van der Waals surface area contributed by atoms with E-state index in [1.54, 1.807) is 78.9 Å². The third-order valence-corrected chi connectivity index (χ3v) is 8.90. The minimum absolute atomic E-state index is 0. The highest BCUT2D eigenvalue weighted by atomic mass is 36.0. The second kappa shape index (κ2) is 37.6. The van der Waals surface area contributed by atoms with E-state index < -0.39 is 41.0 Å². The summed E-state index contributed by atoms with van der Waals surface area (Å²) >= 11 is 13.8. The number of aldehydes is 1. The number of rotatable bonds is 27. The van der Waals surface area contributed by atoms with Crippen molar-refractivity contribution in [2.24, 2.45) is 0 Å². The van der Waals surface area contributed by atoms with Gasteiger partial charge in [0.05, 0.1) is 54.0 Å². The van der Waals surface area contributed by atoms with Crippen LogP contribution < -0.4 is 38.2 Å². The molecule has 4 rings (SSSR count). The van der Waals surface area contributed by atoms with Gasteiger partial charge >= 0.3 is 41.0 Å². The fraction of sp³-hybridized carbons (Fsp3) is 0.367. The van der Waals surface area contributed by atoms with Gasteiger partial charge in [-0.2, -0.15) is 0 Å². The van der Waals surface area contributed by atoms with Crippen LogP contribution in [0.5, 0.6) is 34.5 Å². The van der Waals surface area contributed by atoms with Gasteiger partial charge in [-0.15, -0.1) is 0 Å². The summed E-state index contributed by atoms with van der Waals surface area (Å²) in [7, 11) is 7.54. The molecule has 0 amide bonds. The molecule has 0 atom stereocenters. The molecule has 0 N–H and O–H groups in total. The first-order chi connectivity index (χ1) is 34.9. The maximum Gasteiger partial charge on any atom is 0.343 e. The zero-order valence-electron chi connectivity index (χ0n) is 40.4. The van der Waals surface area contributed by atoms with Crippen LogP contribution in [0.3, 0.4) is 0 Å². The van der Waals surface area contributed by atoms with Crippen molar-refractivity contribution in [3.63, 3.8) is 0 Å². The molecule has 0 fully saturated rings. The van der Waals surface area contributed by atoms with Crippen molar-refractivity contribution in [3.05, 3.63) is 96.6 Å². The summed E-state index contributed by atoms with van der Waals surface area (Å²) in [5, 5.41) is -3.22. The third kappa shape index (κ3) is 27.7. The number of benzene rings is 4. The average Bonchev–Trinajstić information content (AvgIpc) is 3.39. The van der Waals surface area contributed by atoms with E-state index in [9.17, 15) is 38.1 Å². The molecule has 22 nitrogen and oxygen atoms in total. The molecule has 0 aromatic heterocycles. The number of halogens is 3. The fourth-order valence-corrected chi connectivity index (χ4v) is 5.53. The lowest BCUT2D eigenvalue weighted by Gasteiger charge is -2.25. The van der Waals surface area contributed by atoms with E-state index in [2.05, 4.69) is 43.2 Å². The lowest BCUT2D eigenvalue weighted by molar-refractivity contribution is -0.143. The molecule has 75 heavy (non-hydrogen) atoms. The second-order valence-electron chi connectivity index (χ2n) is 13.7. The molecule has 4 aromatic rings. The molecular weight excluding hydrogens is 1070 g/mol. The number of esters is 6. The molecule has 0 spiro atoms. The molecule has 26 heteroatoms. The molecule has 0 aliphatic carbocycles. The minimum Gasteiger partial charge on any atom is -0.488 e. The molecule has 414 valence electrons. The molecule has 0 unspecified atom stereocenters. The van der Waals surface area contributed by atoms with Crippen LogP contribution in [0.25, 0.3) is 0 Å². The van der Waals surface area contributed by atoms with Crippen LogP contribution in [0.4, 0.5) is 11.4 Å². The number of nitrogens with zero attached hydrogens (tertiary/aromatic N) is 2. The monoisotopic (exact) mass is 1130 g/mol. The number of hydrogen-bond acceptors (Lipinski definition) is 22. The van der Waals surface area contributed by atoms with E-state index in [0.717, 1.165) is 0 Å². The SMILES string of the molecule is C.C.COC(=O)COc1ccccc1OCCOc1cc(C=O)ccc1N(CC(=O)OC)CC(=O)OC.COC(=O)COc1ccccc1OCCOc1ccccc1N(CC(=O)OC)CC(=O)OC.O=P(Cl)(Cl)Cl. The van der Waals surface area contributed by atoms with Crippen LogP contribution in [0.15, 0.2) is 91.0 Å². The Hall–Kier alpha value is -7.13. The summed E-state index contributed by atoms with van der Waals surface area (Å²) in [6.45, 7) is -0.868. The van der Waals surface area contributed by atoms with Crippen molar-refractivity contribution in [1.82, 2.24) is 0 Å². The van der Waals surface area contributed by atoms with Crippen molar-refractivity contribution in [3.8, 4) is 34.5 Å². The number of ether oxygens (including phenoxy) is 12. The maximum atomic E-state index is 11.9. The van der Waals surface area contributed by atoms with E-state index in [4.69, 9.17) is 47.4 Å². The molecule has 0 saturated carbocycles. The number of carbonyl (C=O) groups excluding carboxylic acids is 7. The van der Waals surface area contributed by atoms with Gasteiger partial charge in [0.2, 0.25) is 0 Å². The summed E-state index contributed by atoms with van der Waals surface area (Å²) in [5.74, 6) is -0.947. The largest absolute Gasteiger partial charge is 0.488 e. The molecule has 0 radical (unpaired) electrons. The first kappa shape index (κ1) is 67.9. The standard InChI is InChI=1S/C24H27NO10.C23H27NO9.2CH4.Cl3OP/c1-30-22(27)13-25(14-23(28)31-2)18-9-8-17(15-26)12-21(18)34-11-10-33-19-6-4-5-7-20(19)35-16-24(29)32-3;1-28-21(25)14-24(15-22(26)29-2)17-8-4-5-9-18(17)31-12-13-32-19-10-6-7-11-20(19)33-16-23(27)30-3;;;1-5(2,3)4/h4-9,12,15H,10-11,13-14,16H2,1-3H3;4-11H,12-16H2,1-3H3;2*1H4;. The van der Waals surface area contributed by atoms with Crippen LogP contribution in [-0.4, -0.2) is 151 Å². The van der Waals surface area contributed by atoms with E-state index in [1.165, 1.54) is 64.6 Å². The fourth-order valence-electron chi connectivity index (χ4n) is 5.53. The van der Waals surface area contributed by atoms with Gasteiger partial charge in [-0.05, 0) is 88.3 Å². The highest BCUT2D eigenvalue weighted by Gasteiger charge is 2.22. The summed E-state index contributed by atoms with van der Waals surface area (Å²) in [6.07, 6.45) is 0.646. The smallest absolute Gasteiger partial charge is 0.343 e. The van der Waals surface area contributed by atoms with Crippen LogP contribution in [0, 0.1) is 0 Å². The number of para-hydroxylation sites is 6. The number of carbonyl (C=O) groups is 7. The molecule has 0 heterocycles. The summed E-state index contributed by atoms with van der Waals surface area (Å²) in [4.78, 5) is 84.3. The van der Waals surface area contributed by atoms with Crippen molar-refractivity contribution in [1.29, 1.82) is 0 Å². The zero-order chi connectivity index (χ0) is 54.2. The summed E-state index contributed by atoms with van der Waals surface area (Å²) < 4.78 is 71.4. The molecule has 0 aliphatic heterocycles. The van der Waals surface area contributed by atoms with Gasteiger partial charge in [0.25, 0.3) is 0 Å².